The summed E-state index contributed by atoms with van der Waals surface area (Å²) in [6.07, 6.45) is 6.42. The van der Waals surface area contributed by atoms with Crippen LogP contribution in [0.5, 0.6) is 0 Å². The molecule has 49 heavy (non-hydrogen) atoms. The maximum Gasteiger partial charge on any atom is 0.187 e. The second-order valence-electron chi connectivity index (χ2n) is 12.6. The second kappa shape index (κ2) is 22.6. The summed E-state index contributed by atoms with van der Waals surface area (Å²) in [7, 11) is 0. The highest BCUT2D eigenvalue weighted by Gasteiger charge is 2.49. The molecule has 7 atom stereocenters. The van der Waals surface area contributed by atoms with Crippen LogP contribution in [0, 0.1) is 0 Å². The summed E-state index contributed by atoms with van der Waals surface area (Å²) in [5.74, 6) is 0. The standard InChI is InChI=1S/C39H56O10/c1-2-21-46-39-38(48-29-32-17-7-4-8-18-32)37(47-28-31-15-5-3-6-16-31)36(45-27-14-26-44-35-20-10-12-24-42-35)33(49-39)30-40-22-13-25-43-34-19-9-11-23-41-34/h2-8,15-18,33-39H,1,9-14,19-30H2/t33-,34?,35?,36-,37+,38-,39-/m1/s1. The fourth-order valence-corrected chi connectivity index (χ4v) is 6.16. The number of hydrogen-bond donors (Lipinski definition) is 0. The SMILES string of the molecule is C=CCO[C@@H]1O[C@H](COCCCOC2CCCCO2)[C@@H](OCCCOC2CCCCO2)[C@H](OCc2ccccc2)[C@H]1OCc1ccccc1. The van der Waals surface area contributed by atoms with Gasteiger partial charge in [0.2, 0.25) is 0 Å². The van der Waals surface area contributed by atoms with Crippen molar-refractivity contribution in [3.63, 3.8) is 0 Å². The minimum atomic E-state index is -0.727. The molecule has 0 aliphatic carbocycles. The molecule has 0 aromatic heterocycles. The molecule has 272 valence electrons. The molecule has 0 spiro atoms. The Morgan fingerprint density at radius 3 is 1.76 bits per heavy atom. The minimum Gasteiger partial charge on any atom is -0.379 e. The van der Waals surface area contributed by atoms with Gasteiger partial charge in [-0.25, -0.2) is 0 Å². The number of rotatable bonds is 22. The van der Waals surface area contributed by atoms with E-state index in [1.54, 1.807) is 6.08 Å². The highest BCUT2D eigenvalue weighted by atomic mass is 16.7. The van der Waals surface area contributed by atoms with E-state index in [0.717, 1.165) is 69.3 Å². The van der Waals surface area contributed by atoms with Crippen LogP contribution in [-0.4, -0.2) is 96.1 Å². The van der Waals surface area contributed by atoms with Crippen molar-refractivity contribution in [2.45, 2.75) is 108 Å². The van der Waals surface area contributed by atoms with Crippen LogP contribution < -0.4 is 0 Å². The summed E-state index contributed by atoms with van der Waals surface area (Å²) in [4.78, 5) is 0. The van der Waals surface area contributed by atoms with Crippen LogP contribution in [0.1, 0.15) is 62.5 Å². The fourth-order valence-electron chi connectivity index (χ4n) is 6.16. The van der Waals surface area contributed by atoms with Crippen molar-refractivity contribution in [2.24, 2.45) is 0 Å². The second-order valence-corrected chi connectivity index (χ2v) is 12.6. The highest BCUT2D eigenvalue weighted by Crippen LogP contribution is 2.31. The molecule has 3 heterocycles. The third-order valence-corrected chi connectivity index (χ3v) is 8.74. The lowest BCUT2D eigenvalue weighted by Crippen LogP contribution is -2.62. The summed E-state index contributed by atoms with van der Waals surface area (Å²) >= 11 is 0. The Balaban J connectivity index is 1.26. The molecule has 10 heteroatoms. The van der Waals surface area contributed by atoms with Crippen molar-refractivity contribution < 1.29 is 47.4 Å². The molecule has 3 saturated heterocycles. The monoisotopic (exact) mass is 684 g/mol. The van der Waals surface area contributed by atoms with E-state index in [1.807, 2.05) is 60.7 Å². The van der Waals surface area contributed by atoms with Crippen molar-refractivity contribution in [1.29, 1.82) is 0 Å². The van der Waals surface area contributed by atoms with Gasteiger partial charge in [-0.3, -0.25) is 0 Å². The molecule has 2 aromatic rings. The molecular formula is C39H56O10. The maximum atomic E-state index is 6.71. The molecular weight excluding hydrogens is 628 g/mol. The van der Waals surface area contributed by atoms with Crippen molar-refractivity contribution in [2.75, 3.05) is 52.9 Å². The average molecular weight is 685 g/mol. The third-order valence-electron chi connectivity index (χ3n) is 8.74. The Hall–Kier alpha value is -2.22. The molecule has 3 aliphatic rings. The van der Waals surface area contributed by atoms with Gasteiger partial charge in [-0.2, -0.15) is 0 Å². The molecule has 3 fully saturated rings. The van der Waals surface area contributed by atoms with Gasteiger partial charge < -0.3 is 47.4 Å². The molecule has 0 bridgehead atoms. The van der Waals surface area contributed by atoms with E-state index in [9.17, 15) is 0 Å². The van der Waals surface area contributed by atoms with Crippen LogP contribution >= 0.6 is 0 Å². The van der Waals surface area contributed by atoms with Gasteiger partial charge in [0.15, 0.2) is 18.9 Å². The van der Waals surface area contributed by atoms with Gasteiger partial charge in [0.05, 0.1) is 39.6 Å². The zero-order valence-electron chi connectivity index (χ0n) is 28.9. The predicted octanol–water partition coefficient (Wildman–Crippen LogP) is 6.35. The molecule has 0 amide bonds. The summed E-state index contributed by atoms with van der Waals surface area (Å²) in [5.41, 5.74) is 2.09. The maximum absolute atomic E-state index is 6.71. The summed E-state index contributed by atoms with van der Waals surface area (Å²) in [5, 5.41) is 0. The molecule has 2 aromatic carbocycles. The lowest BCUT2D eigenvalue weighted by Gasteiger charge is -2.45. The molecule has 0 N–H and O–H groups in total. The van der Waals surface area contributed by atoms with Gasteiger partial charge >= 0.3 is 0 Å². The summed E-state index contributed by atoms with van der Waals surface area (Å²) in [6, 6.07) is 20.2. The highest BCUT2D eigenvalue weighted by molar-refractivity contribution is 5.14. The first-order chi connectivity index (χ1) is 24.3. The van der Waals surface area contributed by atoms with Gasteiger partial charge in [0.1, 0.15) is 24.4 Å². The first-order valence-corrected chi connectivity index (χ1v) is 18.1. The fraction of sp³-hybridized carbons (Fsp3) is 0.641. The lowest BCUT2D eigenvalue weighted by molar-refractivity contribution is -0.325. The number of benzene rings is 2. The van der Waals surface area contributed by atoms with Gasteiger partial charge in [0, 0.05) is 26.4 Å². The molecule has 2 unspecified atom stereocenters. The van der Waals surface area contributed by atoms with E-state index in [0.29, 0.717) is 59.3 Å². The van der Waals surface area contributed by atoms with E-state index in [1.165, 1.54) is 0 Å². The molecule has 5 rings (SSSR count). The summed E-state index contributed by atoms with van der Waals surface area (Å²) in [6.45, 7) is 8.76. The smallest absolute Gasteiger partial charge is 0.187 e. The zero-order chi connectivity index (χ0) is 33.8. The van der Waals surface area contributed by atoms with Crippen molar-refractivity contribution >= 4 is 0 Å². The van der Waals surface area contributed by atoms with Gasteiger partial charge in [-0.15, -0.1) is 6.58 Å². The van der Waals surface area contributed by atoms with Crippen molar-refractivity contribution in [3.05, 3.63) is 84.4 Å². The minimum absolute atomic E-state index is 0.111. The molecule has 10 nitrogen and oxygen atoms in total. The zero-order valence-corrected chi connectivity index (χ0v) is 28.9. The average Bonchev–Trinajstić information content (AvgIpc) is 3.16. The van der Waals surface area contributed by atoms with Crippen LogP contribution in [0.25, 0.3) is 0 Å². The Morgan fingerprint density at radius 1 is 0.612 bits per heavy atom. The van der Waals surface area contributed by atoms with Gasteiger partial charge in [0.25, 0.3) is 0 Å². The van der Waals surface area contributed by atoms with E-state index < -0.39 is 30.7 Å². The molecule has 3 aliphatic heterocycles. The third kappa shape index (κ3) is 13.4. The van der Waals surface area contributed by atoms with E-state index >= 15 is 0 Å². The van der Waals surface area contributed by atoms with E-state index in [4.69, 9.17) is 47.4 Å². The Labute approximate surface area is 292 Å². The topological polar surface area (TPSA) is 92.3 Å². The van der Waals surface area contributed by atoms with Crippen LogP contribution in [0.3, 0.4) is 0 Å². The van der Waals surface area contributed by atoms with Gasteiger partial charge in [-0.05, 0) is 62.5 Å². The van der Waals surface area contributed by atoms with Crippen LogP contribution in [0.15, 0.2) is 73.3 Å². The Bertz CT molecular complexity index is 1130. The first kappa shape index (κ1) is 38.0. The quantitative estimate of drug-likeness (QED) is 0.103. The van der Waals surface area contributed by atoms with Gasteiger partial charge in [-0.1, -0.05) is 66.7 Å². The van der Waals surface area contributed by atoms with Crippen molar-refractivity contribution in [1.82, 2.24) is 0 Å². The normalized spacial score (nSPS) is 27.6. The Morgan fingerprint density at radius 2 is 1.18 bits per heavy atom. The van der Waals surface area contributed by atoms with Crippen LogP contribution in [0.2, 0.25) is 0 Å². The summed E-state index contributed by atoms with van der Waals surface area (Å²) < 4.78 is 62.2. The number of hydrogen-bond acceptors (Lipinski definition) is 10. The lowest BCUT2D eigenvalue weighted by atomic mass is 9.98. The van der Waals surface area contributed by atoms with E-state index in [2.05, 4.69) is 6.58 Å². The Kier molecular flexibility index (Phi) is 17.5. The predicted molar refractivity (Wildman–Crippen MR) is 184 cm³/mol. The molecule has 0 saturated carbocycles. The molecule has 0 radical (unpaired) electrons. The van der Waals surface area contributed by atoms with Crippen LogP contribution in [0.4, 0.5) is 0 Å². The first-order valence-electron chi connectivity index (χ1n) is 18.1. The van der Waals surface area contributed by atoms with Crippen LogP contribution in [-0.2, 0) is 60.6 Å². The largest absolute Gasteiger partial charge is 0.379 e. The van der Waals surface area contributed by atoms with E-state index in [-0.39, 0.29) is 12.6 Å². The number of ether oxygens (including phenoxy) is 10. The van der Waals surface area contributed by atoms with Crippen molar-refractivity contribution in [3.8, 4) is 0 Å².